The second-order valence-electron chi connectivity index (χ2n) is 4.89. The Morgan fingerprint density at radius 3 is 2.95 bits per heavy atom. The summed E-state index contributed by atoms with van der Waals surface area (Å²) in [6.07, 6.45) is 3.63. The van der Waals surface area contributed by atoms with E-state index in [2.05, 4.69) is 0 Å². The predicted molar refractivity (Wildman–Crippen MR) is 70.9 cm³/mol. The summed E-state index contributed by atoms with van der Waals surface area (Å²) in [6.45, 7) is 0.148. The topological polar surface area (TPSA) is 55.8 Å². The molecule has 3 rings (SSSR count). The van der Waals surface area contributed by atoms with E-state index in [9.17, 15) is 9.59 Å². The molecule has 0 unspecified atom stereocenters. The van der Waals surface area contributed by atoms with E-state index in [1.54, 1.807) is 0 Å². The molecular formula is C15H15NO4. The Kier molecular flexibility index (Phi) is 3.41. The summed E-state index contributed by atoms with van der Waals surface area (Å²) in [5, 5.41) is 0. The van der Waals surface area contributed by atoms with Gasteiger partial charge in [-0.2, -0.15) is 0 Å². The molecule has 1 heterocycles. The fraction of sp³-hybridized carbons (Fsp3) is 0.333. The zero-order valence-corrected chi connectivity index (χ0v) is 10.9. The zero-order valence-electron chi connectivity index (χ0n) is 10.9. The number of carbonyl (C=O) groups is 2. The van der Waals surface area contributed by atoms with Gasteiger partial charge in [0.15, 0.2) is 0 Å². The number of hydrogen-bond acceptors (Lipinski definition) is 4. The van der Waals surface area contributed by atoms with Gasteiger partial charge in [-0.3, -0.25) is 0 Å². The van der Waals surface area contributed by atoms with E-state index in [1.807, 2.05) is 42.5 Å². The Morgan fingerprint density at radius 2 is 2.15 bits per heavy atom. The lowest BCUT2D eigenvalue weighted by Gasteiger charge is -2.37. The molecule has 1 aliphatic carbocycles. The number of carbonyl (C=O) groups excluding carboxylic acids is 2. The summed E-state index contributed by atoms with van der Waals surface area (Å²) in [5.41, 5.74) is 0.882. The summed E-state index contributed by atoms with van der Waals surface area (Å²) in [5.74, 6) is 0. The van der Waals surface area contributed by atoms with Gasteiger partial charge in [0.05, 0.1) is 6.04 Å². The molecule has 0 N–H and O–H groups in total. The van der Waals surface area contributed by atoms with E-state index < -0.39 is 12.2 Å². The monoisotopic (exact) mass is 273 g/mol. The van der Waals surface area contributed by atoms with Gasteiger partial charge in [0.1, 0.15) is 12.7 Å². The molecule has 2 amide bonds. The number of nitrogens with zero attached hydrogens (tertiary/aromatic N) is 1. The third-order valence-electron chi connectivity index (χ3n) is 3.48. The van der Waals surface area contributed by atoms with E-state index in [1.165, 1.54) is 0 Å². The molecule has 1 aromatic carbocycles. The second-order valence-corrected chi connectivity index (χ2v) is 4.89. The Morgan fingerprint density at radius 1 is 1.35 bits per heavy atom. The van der Waals surface area contributed by atoms with Crippen LogP contribution >= 0.6 is 0 Å². The first kappa shape index (κ1) is 12.7. The molecule has 0 aromatic heterocycles. The van der Waals surface area contributed by atoms with Crippen molar-refractivity contribution in [3.05, 3.63) is 48.0 Å². The van der Waals surface area contributed by atoms with Crippen molar-refractivity contribution in [1.82, 2.24) is 4.90 Å². The molecule has 2 aliphatic rings. The maximum Gasteiger partial charge on any atom is 0.420 e. The molecular weight excluding hydrogens is 258 g/mol. The minimum atomic E-state index is -0.641. The largest absolute Gasteiger partial charge is 0.444 e. The predicted octanol–water partition coefficient (Wildman–Crippen LogP) is 2.86. The molecule has 0 spiro atoms. The Bertz CT molecular complexity index is 540. The van der Waals surface area contributed by atoms with Gasteiger partial charge in [0, 0.05) is 6.42 Å². The highest BCUT2D eigenvalue weighted by Gasteiger charge is 2.40. The normalized spacial score (nSPS) is 24.2. The molecule has 20 heavy (non-hydrogen) atoms. The highest BCUT2D eigenvalue weighted by molar-refractivity contribution is 5.89. The first-order valence-corrected chi connectivity index (χ1v) is 6.61. The number of ether oxygens (including phenoxy) is 2. The van der Waals surface area contributed by atoms with Crippen molar-refractivity contribution in [1.29, 1.82) is 0 Å². The van der Waals surface area contributed by atoms with Crippen molar-refractivity contribution in [2.45, 2.75) is 31.6 Å². The lowest BCUT2D eigenvalue weighted by molar-refractivity contribution is 0.00743. The second kappa shape index (κ2) is 5.36. The molecule has 1 aliphatic heterocycles. The molecule has 0 saturated carbocycles. The van der Waals surface area contributed by atoms with Crippen LogP contribution in [0.25, 0.3) is 0 Å². The number of rotatable bonds is 2. The van der Waals surface area contributed by atoms with Crippen LogP contribution in [0.15, 0.2) is 42.5 Å². The van der Waals surface area contributed by atoms with Crippen LogP contribution < -0.4 is 0 Å². The minimum absolute atomic E-state index is 0.148. The summed E-state index contributed by atoms with van der Waals surface area (Å²) in [4.78, 5) is 25.0. The van der Waals surface area contributed by atoms with Crippen molar-refractivity contribution >= 4 is 12.2 Å². The zero-order chi connectivity index (χ0) is 13.9. The van der Waals surface area contributed by atoms with E-state index >= 15 is 0 Å². The number of imide groups is 1. The van der Waals surface area contributed by atoms with Crippen molar-refractivity contribution < 1.29 is 19.1 Å². The number of amides is 2. The molecule has 104 valence electrons. The molecule has 1 aromatic rings. The molecule has 2 atom stereocenters. The standard InChI is InChI=1S/C15H15NO4/c17-14(19-10-11-5-2-1-3-6-11)16-12-7-4-8-13(9-12)20-15(16)18/h1-6,8,12-13H,7,9-10H2/t12-,13+/m0/s1. The third-order valence-corrected chi connectivity index (χ3v) is 3.48. The van der Waals surface area contributed by atoms with Gasteiger partial charge in [-0.1, -0.05) is 36.4 Å². The van der Waals surface area contributed by atoms with Crippen LogP contribution in [0.3, 0.4) is 0 Å². The number of hydrogen-bond donors (Lipinski definition) is 0. The third kappa shape index (κ3) is 2.52. The van der Waals surface area contributed by atoms with Crippen LogP contribution in [0.2, 0.25) is 0 Å². The lowest BCUT2D eigenvalue weighted by Crippen LogP contribution is -2.52. The smallest absolute Gasteiger partial charge is 0.420 e. The quantitative estimate of drug-likeness (QED) is 0.777. The summed E-state index contributed by atoms with van der Waals surface area (Å²) >= 11 is 0. The van der Waals surface area contributed by atoms with Crippen molar-refractivity contribution in [2.75, 3.05) is 0 Å². The van der Waals surface area contributed by atoms with Gasteiger partial charge in [0.25, 0.3) is 0 Å². The first-order chi connectivity index (χ1) is 9.74. The number of fused-ring (bicyclic) bond motifs is 2. The van der Waals surface area contributed by atoms with Gasteiger partial charge >= 0.3 is 12.2 Å². The van der Waals surface area contributed by atoms with Crippen molar-refractivity contribution in [3.8, 4) is 0 Å². The fourth-order valence-corrected chi connectivity index (χ4v) is 2.48. The van der Waals surface area contributed by atoms with E-state index in [0.717, 1.165) is 10.5 Å². The molecule has 2 bridgehead atoms. The Balaban J connectivity index is 1.64. The molecule has 1 fully saturated rings. The Hall–Kier alpha value is -2.30. The SMILES string of the molecule is O=C(OCc1ccccc1)N1C(=O)O[C@@H]2C=CC[C@H]1C2. The van der Waals surface area contributed by atoms with Gasteiger partial charge in [-0.15, -0.1) is 0 Å². The van der Waals surface area contributed by atoms with Crippen LogP contribution in [-0.4, -0.2) is 29.2 Å². The minimum Gasteiger partial charge on any atom is -0.444 e. The van der Waals surface area contributed by atoms with Crippen molar-refractivity contribution in [2.24, 2.45) is 0 Å². The first-order valence-electron chi connectivity index (χ1n) is 6.61. The van der Waals surface area contributed by atoms with Crippen LogP contribution in [-0.2, 0) is 16.1 Å². The summed E-state index contributed by atoms with van der Waals surface area (Å²) in [6, 6.07) is 9.20. The molecule has 5 nitrogen and oxygen atoms in total. The molecule has 0 radical (unpaired) electrons. The van der Waals surface area contributed by atoms with E-state index in [4.69, 9.17) is 9.47 Å². The van der Waals surface area contributed by atoms with Crippen molar-refractivity contribution in [3.63, 3.8) is 0 Å². The van der Waals surface area contributed by atoms with Gasteiger partial charge < -0.3 is 9.47 Å². The van der Waals surface area contributed by atoms with E-state index in [-0.39, 0.29) is 18.8 Å². The maximum absolute atomic E-state index is 12.1. The van der Waals surface area contributed by atoms with Gasteiger partial charge in [0.2, 0.25) is 0 Å². The molecule has 5 heteroatoms. The van der Waals surface area contributed by atoms with Crippen LogP contribution in [0, 0.1) is 0 Å². The highest BCUT2D eigenvalue weighted by Crippen LogP contribution is 2.27. The Labute approximate surface area is 116 Å². The molecule has 1 saturated heterocycles. The average molecular weight is 273 g/mol. The highest BCUT2D eigenvalue weighted by atomic mass is 16.6. The average Bonchev–Trinajstić information content (AvgIpc) is 2.46. The van der Waals surface area contributed by atoms with Crippen LogP contribution in [0.5, 0.6) is 0 Å². The fourth-order valence-electron chi connectivity index (χ4n) is 2.48. The van der Waals surface area contributed by atoms with E-state index in [0.29, 0.717) is 12.8 Å². The maximum atomic E-state index is 12.1. The lowest BCUT2D eigenvalue weighted by atomic mass is 9.97. The van der Waals surface area contributed by atoms with Gasteiger partial charge in [-0.05, 0) is 18.1 Å². The summed E-state index contributed by atoms with van der Waals surface area (Å²) < 4.78 is 10.3. The van der Waals surface area contributed by atoms with Crippen LogP contribution in [0.1, 0.15) is 18.4 Å². The summed E-state index contributed by atoms with van der Waals surface area (Å²) in [7, 11) is 0. The number of benzene rings is 1. The van der Waals surface area contributed by atoms with Gasteiger partial charge in [-0.25, -0.2) is 14.5 Å². The van der Waals surface area contributed by atoms with Crippen LogP contribution in [0.4, 0.5) is 9.59 Å².